The average molecular weight is 399 g/mol. The van der Waals surface area contributed by atoms with Gasteiger partial charge >= 0.3 is 0 Å². The Balaban J connectivity index is 1.78. The first-order chi connectivity index (χ1) is 14.0. The van der Waals surface area contributed by atoms with Crippen molar-refractivity contribution in [3.8, 4) is 17.2 Å². The highest BCUT2D eigenvalue weighted by Gasteiger charge is 2.34. The van der Waals surface area contributed by atoms with Crippen LogP contribution in [0.15, 0.2) is 36.4 Å². The molecule has 6 nitrogen and oxygen atoms in total. The van der Waals surface area contributed by atoms with Gasteiger partial charge in [-0.05, 0) is 42.7 Å². The number of benzene rings is 2. The molecular weight excluding hydrogens is 370 g/mol. The molecule has 0 saturated heterocycles. The fourth-order valence-electron chi connectivity index (χ4n) is 3.60. The molecule has 1 heterocycles. The highest BCUT2D eigenvalue weighted by Crippen LogP contribution is 2.38. The standard InChI is InChI=1S/C23H29NO5/c1-3-4-5-14-29-22-19-15-21(26)24(13-12-16-6-8-17(25)9-7-16)23(27)18(19)10-11-20(22)28-2/h6-11,21,25-26H,3-5,12-15H2,1-2H3. The number of carbonyl (C=O) groups excluding carboxylic acids is 1. The zero-order chi connectivity index (χ0) is 20.8. The minimum absolute atomic E-state index is 0.206. The van der Waals surface area contributed by atoms with E-state index in [0.717, 1.165) is 24.8 Å². The first-order valence-electron chi connectivity index (χ1n) is 10.1. The van der Waals surface area contributed by atoms with Crippen molar-refractivity contribution < 1.29 is 24.5 Å². The largest absolute Gasteiger partial charge is 0.508 e. The number of unbranched alkanes of at least 4 members (excludes halogenated alkanes) is 2. The fourth-order valence-corrected chi connectivity index (χ4v) is 3.60. The zero-order valence-corrected chi connectivity index (χ0v) is 17.1. The van der Waals surface area contributed by atoms with E-state index in [1.165, 1.54) is 4.90 Å². The minimum atomic E-state index is -0.919. The summed E-state index contributed by atoms with van der Waals surface area (Å²) in [5.41, 5.74) is 2.25. The maximum atomic E-state index is 13.1. The van der Waals surface area contributed by atoms with Gasteiger partial charge in [-0.1, -0.05) is 31.9 Å². The van der Waals surface area contributed by atoms with Crippen LogP contribution in [0.3, 0.4) is 0 Å². The van der Waals surface area contributed by atoms with Gasteiger partial charge in [0.15, 0.2) is 11.5 Å². The molecule has 0 spiro atoms. The molecule has 29 heavy (non-hydrogen) atoms. The molecule has 0 saturated carbocycles. The van der Waals surface area contributed by atoms with Crippen LogP contribution in [0.2, 0.25) is 0 Å². The lowest BCUT2D eigenvalue weighted by molar-refractivity contribution is 0.00286. The minimum Gasteiger partial charge on any atom is -0.508 e. The van der Waals surface area contributed by atoms with Gasteiger partial charge in [0.05, 0.1) is 13.7 Å². The van der Waals surface area contributed by atoms with Crippen molar-refractivity contribution in [1.82, 2.24) is 4.90 Å². The molecule has 6 heteroatoms. The molecule has 0 aromatic heterocycles. The molecule has 0 bridgehead atoms. The van der Waals surface area contributed by atoms with Crippen LogP contribution < -0.4 is 9.47 Å². The quantitative estimate of drug-likeness (QED) is 0.631. The second kappa shape index (κ2) is 9.65. The second-order valence-corrected chi connectivity index (χ2v) is 7.28. The van der Waals surface area contributed by atoms with Gasteiger partial charge in [-0.15, -0.1) is 0 Å². The number of methoxy groups -OCH3 is 1. The SMILES string of the molecule is CCCCCOc1c(OC)ccc2c1CC(O)N(CCc1ccc(O)cc1)C2=O. The van der Waals surface area contributed by atoms with Crippen molar-refractivity contribution in [2.75, 3.05) is 20.3 Å². The number of aromatic hydroxyl groups is 1. The number of amides is 1. The maximum Gasteiger partial charge on any atom is 0.256 e. The van der Waals surface area contributed by atoms with Crippen molar-refractivity contribution in [2.24, 2.45) is 0 Å². The van der Waals surface area contributed by atoms with E-state index in [4.69, 9.17) is 9.47 Å². The third-order valence-corrected chi connectivity index (χ3v) is 5.25. The lowest BCUT2D eigenvalue weighted by Crippen LogP contribution is -2.46. The van der Waals surface area contributed by atoms with Crippen LogP contribution >= 0.6 is 0 Å². The Labute approximate surface area is 171 Å². The van der Waals surface area contributed by atoms with Crippen LogP contribution in [-0.2, 0) is 12.8 Å². The number of phenolic OH excluding ortho intramolecular Hbond substituents is 1. The second-order valence-electron chi connectivity index (χ2n) is 7.28. The number of carbonyl (C=O) groups is 1. The Kier molecular flexibility index (Phi) is 6.99. The Morgan fingerprint density at radius 3 is 2.59 bits per heavy atom. The third-order valence-electron chi connectivity index (χ3n) is 5.25. The average Bonchev–Trinajstić information content (AvgIpc) is 2.72. The van der Waals surface area contributed by atoms with Crippen LogP contribution in [0, 0.1) is 0 Å². The molecule has 1 aliphatic rings. The number of phenols is 1. The Hall–Kier alpha value is -2.73. The van der Waals surface area contributed by atoms with E-state index in [9.17, 15) is 15.0 Å². The van der Waals surface area contributed by atoms with Crippen LogP contribution in [0.4, 0.5) is 0 Å². The van der Waals surface area contributed by atoms with Gasteiger partial charge in [-0.3, -0.25) is 4.79 Å². The van der Waals surface area contributed by atoms with E-state index in [1.807, 2.05) is 12.1 Å². The molecule has 156 valence electrons. The molecule has 2 aromatic carbocycles. The normalized spacial score (nSPS) is 15.9. The molecule has 0 aliphatic carbocycles. The molecule has 1 unspecified atom stereocenters. The van der Waals surface area contributed by atoms with Crippen LogP contribution in [0.5, 0.6) is 17.2 Å². The van der Waals surface area contributed by atoms with E-state index in [0.29, 0.717) is 48.6 Å². The number of hydrogen-bond donors (Lipinski definition) is 2. The molecule has 3 rings (SSSR count). The third kappa shape index (κ3) is 4.82. The first kappa shape index (κ1) is 21.0. The number of nitrogens with zero attached hydrogens (tertiary/aromatic N) is 1. The molecule has 1 aliphatic heterocycles. The summed E-state index contributed by atoms with van der Waals surface area (Å²) >= 11 is 0. The summed E-state index contributed by atoms with van der Waals surface area (Å²) in [6, 6.07) is 10.4. The van der Waals surface area contributed by atoms with Crippen molar-refractivity contribution in [2.45, 2.75) is 45.3 Å². The highest BCUT2D eigenvalue weighted by molar-refractivity contribution is 5.98. The van der Waals surface area contributed by atoms with E-state index >= 15 is 0 Å². The molecular formula is C23H29NO5. The summed E-state index contributed by atoms with van der Waals surface area (Å²) in [5, 5.41) is 20.1. The van der Waals surface area contributed by atoms with Gasteiger partial charge in [0.2, 0.25) is 0 Å². The van der Waals surface area contributed by atoms with Crippen molar-refractivity contribution in [3.63, 3.8) is 0 Å². The molecule has 0 radical (unpaired) electrons. The van der Waals surface area contributed by atoms with Gasteiger partial charge in [0.25, 0.3) is 5.91 Å². The number of ether oxygens (including phenoxy) is 2. The van der Waals surface area contributed by atoms with E-state index in [-0.39, 0.29) is 11.7 Å². The lowest BCUT2D eigenvalue weighted by Gasteiger charge is -2.34. The smallest absolute Gasteiger partial charge is 0.256 e. The first-order valence-corrected chi connectivity index (χ1v) is 10.1. The number of rotatable bonds is 9. The summed E-state index contributed by atoms with van der Waals surface area (Å²) in [7, 11) is 1.58. The Morgan fingerprint density at radius 1 is 1.14 bits per heavy atom. The Morgan fingerprint density at radius 2 is 1.90 bits per heavy atom. The van der Waals surface area contributed by atoms with Gasteiger partial charge in [0.1, 0.15) is 12.0 Å². The summed E-state index contributed by atoms with van der Waals surface area (Å²) in [6.45, 7) is 3.07. The lowest BCUT2D eigenvalue weighted by atomic mass is 9.95. The maximum absolute atomic E-state index is 13.1. The monoisotopic (exact) mass is 399 g/mol. The number of fused-ring (bicyclic) bond motifs is 1. The topological polar surface area (TPSA) is 79.2 Å². The predicted octanol–water partition coefficient (Wildman–Crippen LogP) is 3.53. The summed E-state index contributed by atoms with van der Waals surface area (Å²) in [5.74, 6) is 1.14. The fraction of sp³-hybridized carbons (Fsp3) is 0.435. The number of hydrogen-bond acceptors (Lipinski definition) is 5. The van der Waals surface area contributed by atoms with Gasteiger partial charge in [0, 0.05) is 24.1 Å². The van der Waals surface area contributed by atoms with Crippen molar-refractivity contribution >= 4 is 5.91 Å². The summed E-state index contributed by atoms with van der Waals surface area (Å²) in [4.78, 5) is 14.5. The van der Waals surface area contributed by atoms with Crippen LogP contribution in [0.25, 0.3) is 0 Å². The van der Waals surface area contributed by atoms with E-state index in [1.54, 1.807) is 31.4 Å². The van der Waals surface area contributed by atoms with Gasteiger partial charge < -0.3 is 24.6 Å². The highest BCUT2D eigenvalue weighted by atomic mass is 16.5. The summed E-state index contributed by atoms with van der Waals surface area (Å²) < 4.78 is 11.4. The van der Waals surface area contributed by atoms with Crippen LogP contribution in [-0.4, -0.2) is 47.5 Å². The van der Waals surface area contributed by atoms with Crippen molar-refractivity contribution in [1.29, 1.82) is 0 Å². The van der Waals surface area contributed by atoms with Crippen molar-refractivity contribution in [3.05, 3.63) is 53.1 Å². The van der Waals surface area contributed by atoms with Gasteiger partial charge in [-0.2, -0.15) is 0 Å². The molecule has 0 fully saturated rings. The van der Waals surface area contributed by atoms with Gasteiger partial charge in [-0.25, -0.2) is 0 Å². The number of aliphatic hydroxyl groups excluding tert-OH is 1. The predicted molar refractivity (Wildman–Crippen MR) is 111 cm³/mol. The zero-order valence-electron chi connectivity index (χ0n) is 17.1. The number of aliphatic hydroxyl groups is 1. The Bertz CT molecular complexity index is 834. The molecule has 2 aromatic rings. The van der Waals surface area contributed by atoms with Crippen LogP contribution in [0.1, 0.15) is 47.7 Å². The van der Waals surface area contributed by atoms with E-state index < -0.39 is 6.23 Å². The van der Waals surface area contributed by atoms with E-state index in [2.05, 4.69) is 6.92 Å². The molecule has 1 amide bonds. The summed E-state index contributed by atoms with van der Waals surface area (Å²) in [6.07, 6.45) is 3.08. The molecule has 1 atom stereocenters. The molecule has 2 N–H and O–H groups in total.